The van der Waals surface area contributed by atoms with Crippen molar-refractivity contribution >= 4 is 5.82 Å². The van der Waals surface area contributed by atoms with Crippen molar-refractivity contribution in [3.63, 3.8) is 0 Å². The van der Waals surface area contributed by atoms with Gasteiger partial charge in [0.05, 0.1) is 0 Å². The van der Waals surface area contributed by atoms with Crippen molar-refractivity contribution in [3.05, 3.63) is 23.9 Å². The van der Waals surface area contributed by atoms with Gasteiger partial charge in [0.2, 0.25) is 0 Å². The molecule has 0 aromatic carbocycles. The minimum Gasteiger partial charge on any atom is -0.353 e. The minimum absolute atomic E-state index is 0.409. The maximum atomic E-state index is 4.65. The number of pyridine rings is 1. The lowest BCUT2D eigenvalue weighted by Gasteiger charge is -2.32. The van der Waals surface area contributed by atoms with Crippen LogP contribution in [-0.4, -0.2) is 24.1 Å². The van der Waals surface area contributed by atoms with E-state index in [-0.39, 0.29) is 0 Å². The van der Waals surface area contributed by atoms with Gasteiger partial charge >= 0.3 is 0 Å². The van der Waals surface area contributed by atoms with E-state index in [1.807, 2.05) is 6.20 Å². The standard InChI is InChI=1S/C17H27N3/c1-3-18-13(2)15-8-10-19-17(12-15)20-11-9-14-6-4-5-7-16(14)20/h8,10,12-14,16,18H,3-7,9,11H2,1-2H3. The molecule has 3 nitrogen and oxygen atoms in total. The van der Waals surface area contributed by atoms with E-state index in [0.29, 0.717) is 6.04 Å². The van der Waals surface area contributed by atoms with Crippen molar-refractivity contribution in [3.8, 4) is 0 Å². The van der Waals surface area contributed by atoms with E-state index < -0.39 is 0 Å². The normalized spacial score (nSPS) is 27.4. The quantitative estimate of drug-likeness (QED) is 0.909. The molecule has 3 atom stereocenters. The third-order valence-electron chi connectivity index (χ3n) is 5.08. The fraction of sp³-hybridized carbons (Fsp3) is 0.706. The molecule has 3 unspecified atom stereocenters. The lowest BCUT2D eigenvalue weighted by Crippen LogP contribution is -2.35. The second-order valence-electron chi connectivity index (χ2n) is 6.32. The molecule has 1 aromatic heterocycles. The second-order valence-corrected chi connectivity index (χ2v) is 6.32. The van der Waals surface area contributed by atoms with E-state index in [1.54, 1.807) is 0 Å². The Kier molecular flexibility index (Phi) is 4.25. The fourth-order valence-electron chi connectivity index (χ4n) is 3.97. The molecule has 1 N–H and O–H groups in total. The zero-order chi connectivity index (χ0) is 13.9. The third-order valence-corrected chi connectivity index (χ3v) is 5.08. The van der Waals surface area contributed by atoms with E-state index in [2.05, 4.69) is 41.2 Å². The van der Waals surface area contributed by atoms with Crippen LogP contribution in [0.3, 0.4) is 0 Å². The fourth-order valence-corrected chi connectivity index (χ4v) is 3.97. The predicted molar refractivity (Wildman–Crippen MR) is 84.0 cm³/mol. The third kappa shape index (κ3) is 2.69. The van der Waals surface area contributed by atoms with Gasteiger partial charge in [0, 0.05) is 24.8 Å². The van der Waals surface area contributed by atoms with Crippen LogP contribution in [0, 0.1) is 5.92 Å². The summed E-state index contributed by atoms with van der Waals surface area (Å²) in [5.74, 6) is 2.11. The molecule has 0 spiro atoms. The molecule has 0 bridgehead atoms. The van der Waals surface area contributed by atoms with E-state index in [0.717, 1.165) is 18.5 Å². The van der Waals surface area contributed by atoms with Crippen LogP contribution in [0.25, 0.3) is 0 Å². The molecular weight excluding hydrogens is 246 g/mol. The summed E-state index contributed by atoms with van der Waals surface area (Å²) in [6, 6.07) is 5.60. The molecule has 3 rings (SSSR count). The summed E-state index contributed by atoms with van der Waals surface area (Å²) in [6.07, 6.45) is 8.95. The molecule has 0 amide bonds. The average molecular weight is 273 g/mol. The topological polar surface area (TPSA) is 28.2 Å². The zero-order valence-electron chi connectivity index (χ0n) is 12.8. The monoisotopic (exact) mass is 273 g/mol. The van der Waals surface area contributed by atoms with Gasteiger partial charge in [-0.1, -0.05) is 19.8 Å². The van der Waals surface area contributed by atoms with Crippen LogP contribution in [-0.2, 0) is 0 Å². The first-order valence-electron chi connectivity index (χ1n) is 8.25. The summed E-state index contributed by atoms with van der Waals surface area (Å²) in [4.78, 5) is 7.23. The Morgan fingerprint density at radius 2 is 2.20 bits per heavy atom. The first kappa shape index (κ1) is 13.9. The largest absolute Gasteiger partial charge is 0.353 e. The molecule has 1 saturated carbocycles. The van der Waals surface area contributed by atoms with Crippen molar-refractivity contribution in [1.29, 1.82) is 0 Å². The number of hydrogen-bond acceptors (Lipinski definition) is 3. The van der Waals surface area contributed by atoms with Gasteiger partial charge in [0.15, 0.2) is 0 Å². The maximum absolute atomic E-state index is 4.65. The van der Waals surface area contributed by atoms with Gasteiger partial charge in [-0.15, -0.1) is 0 Å². The highest BCUT2D eigenvalue weighted by molar-refractivity contribution is 5.44. The average Bonchev–Trinajstić information content (AvgIpc) is 2.91. The highest BCUT2D eigenvalue weighted by Crippen LogP contribution is 2.38. The summed E-state index contributed by atoms with van der Waals surface area (Å²) in [5.41, 5.74) is 1.36. The van der Waals surface area contributed by atoms with E-state index in [4.69, 9.17) is 0 Å². The summed E-state index contributed by atoms with van der Waals surface area (Å²) in [6.45, 7) is 6.59. The van der Waals surface area contributed by atoms with Gasteiger partial charge in [-0.25, -0.2) is 4.98 Å². The summed E-state index contributed by atoms with van der Waals surface area (Å²) in [5, 5.41) is 3.49. The Morgan fingerprint density at radius 3 is 3.05 bits per heavy atom. The molecule has 2 fully saturated rings. The molecule has 3 heteroatoms. The number of rotatable bonds is 4. The molecule has 0 radical (unpaired) electrons. The Bertz CT molecular complexity index is 446. The van der Waals surface area contributed by atoms with Crippen LogP contribution in [0.1, 0.15) is 57.6 Å². The number of nitrogens with one attached hydrogen (secondary N) is 1. The van der Waals surface area contributed by atoms with Crippen LogP contribution < -0.4 is 10.2 Å². The van der Waals surface area contributed by atoms with Crippen LogP contribution in [0.15, 0.2) is 18.3 Å². The van der Waals surface area contributed by atoms with Gasteiger partial charge in [-0.2, -0.15) is 0 Å². The number of hydrogen-bond donors (Lipinski definition) is 1. The van der Waals surface area contributed by atoms with Crippen LogP contribution in [0.4, 0.5) is 5.82 Å². The zero-order valence-corrected chi connectivity index (χ0v) is 12.8. The number of anilines is 1. The van der Waals surface area contributed by atoms with Crippen LogP contribution in [0.5, 0.6) is 0 Å². The molecular formula is C17H27N3. The molecule has 2 aliphatic rings. The molecule has 1 aliphatic carbocycles. The molecule has 110 valence electrons. The molecule has 2 heterocycles. The number of fused-ring (bicyclic) bond motifs is 1. The van der Waals surface area contributed by atoms with Crippen molar-refractivity contribution < 1.29 is 0 Å². The smallest absolute Gasteiger partial charge is 0.129 e. The maximum Gasteiger partial charge on any atom is 0.129 e. The van der Waals surface area contributed by atoms with Gasteiger partial charge in [0.25, 0.3) is 0 Å². The molecule has 1 aliphatic heterocycles. The Morgan fingerprint density at radius 1 is 1.35 bits per heavy atom. The second kappa shape index (κ2) is 6.13. The summed E-state index contributed by atoms with van der Waals surface area (Å²) >= 11 is 0. The molecule has 20 heavy (non-hydrogen) atoms. The van der Waals surface area contributed by atoms with Crippen molar-refractivity contribution in [1.82, 2.24) is 10.3 Å². The highest BCUT2D eigenvalue weighted by atomic mass is 15.2. The summed E-state index contributed by atoms with van der Waals surface area (Å²) < 4.78 is 0. The minimum atomic E-state index is 0.409. The van der Waals surface area contributed by atoms with Crippen LogP contribution >= 0.6 is 0 Å². The lowest BCUT2D eigenvalue weighted by molar-refractivity contribution is 0.341. The first-order chi connectivity index (χ1) is 9.79. The molecule has 1 saturated heterocycles. The predicted octanol–water partition coefficient (Wildman–Crippen LogP) is 3.52. The van der Waals surface area contributed by atoms with Crippen molar-refractivity contribution in [2.45, 2.75) is 58.0 Å². The van der Waals surface area contributed by atoms with Gasteiger partial charge < -0.3 is 10.2 Å². The van der Waals surface area contributed by atoms with E-state index in [9.17, 15) is 0 Å². The highest BCUT2D eigenvalue weighted by Gasteiger charge is 2.36. The first-order valence-corrected chi connectivity index (χ1v) is 8.25. The van der Waals surface area contributed by atoms with Gasteiger partial charge in [-0.05, 0) is 56.3 Å². The van der Waals surface area contributed by atoms with Gasteiger partial charge in [0.1, 0.15) is 5.82 Å². The van der Waals surface area contributed by atoms with Crippen molar-refractivity contribution in [2.75, 3.05) is 18.0 Å². The Balaban J connectivity index is 1.78. The summed E-state index contributed by atoms with van der Waals surface area (Å²) in [7, 11) is 0. The van der Waals surface area contributed by atoms with Gasteiger partial charge in [-0.3, -0.25) is 0 Å². The van der Waals surface area contributed by atoms with E-state index in [1.165, 1.54) is 50.0 Å². The van der Waals surface area contributed by atoms with Crippen molar-refractivity contribution in [2.24, 2.45) is 5.92 Å². The lowest BCUT2D eigenvalue weighted by atomic mass is 9.85. The number of aromatic nitrogens is 1. The van der Waals surface area contributed by atoms with Crippen LogP contribution in [0.2, 0.25) is 0 Å². The van der Waals surface area contributed by atoms with E-state index >= 15 is 0 Å². The SMILES string of the molecule is CCNC(C)c1ccnc(N2CCC3CCCCC32)c1. The Hall–Kier alpha value is -1.09. The molecule has 1 aromatic rings. The Labute approximate surface area is 122 Å². The number of nitrogens with zero attached hydrogens (tertiary/aromatic N) is 2.